The quantitative estimate of drug-likeness (QED) is 0.876. The highest BCUT2D eigenvalue weighted by Gasteiger charge is 2.17. The third-order valence-electron chi connectivity index (χ3n) is 3.69. The molecule has 0 atom stereocenters. The van der Waals surface area contributed by atoms with Crippen LogP contribution in [0.3, 0.4) is 0 Å². The summed E-state index contributed by atoms with van der Waals surface area (Å²) in [4.78, 5) is 25.8. The fourth-order valence-corrected chi connectivity index (χ4v) is 2.40. The van der Waals surface area contributed by atoms with Crippen LogP contribution in [0.25, 0.3) is 0 Å². The second kappa shape index (κ2) is 8.19. The Morgan fingerprint density at radius 2 is 1.72 bits per heavy atom. The predicted molar refractivity (Wildman–Crippen MR) is 97.4 cm³/mol. The van der Waals surface area contributed by atoms with Gasteiger partial charge in [-0.25, -0.2) is 0 Å². The molecule has 6 nitrogen and oxygen atoms in total. The summed E-state index contributed by atoms with van der Waals surface area (Å²) in [5.74, 6) is 0.713. The summed E-state index contributed by atoms with van der Waals surface area (Å²) in [6, 6.07) is 12.5. The topological polar surface area (TPSA) is 67.9 Å². The fraction of sp³-hybridized carbons (Fsp3) is 0.263. The highest BCUT2D eigenvalue weighted by Crippen LogP contribution is 2.25. The van der Waals surface area contributed by atoms with Crippen molar-refractivity contribution in [2.75, 3.05) is 31.0 Å². The van der Waals surface area contributed by atoms with Gasteiger partial charge in [-0.2, -0.15) is 0 Å². The molecule has 0 unspecified atom stereocenters. The molecule has 0 aliphatic heterocycles. The van der Waals surface area contributed by atoms with Crippen LogP contribution < -0.4 is 19.7 Å². The van der Waals surface area contributed by atoms with E-state index in [2.05, 4.69) is 5.32 Å². The van der Waals surface area contributed by atoms with Crippen molar-refractivity contribution in [1.29, 1.82) is 0 Å². The number of ether oxygens (including phenoxy) is 2. The Morgan fingerprint density at radius 1 is 1.04 bits per heavy atom. The molecule has 2 aromatic rings. The van der Waals surface area contributed by atoms with Gasteiger partial charge in [-0.05, 0) is 48.9 Å². The molecule has 0 bridgehead atoms. The minimum atomic E-state index is -0.310. The number of anilines is 2. The highest BCUT2D eigenvalue weighted by molar-refractivity contribution is 6.02. The molecule has 132 valence electrons. The van der Waals surface area contributed by atoms with Crippen molar-refractivity contribution in [2.24, 2.45) is 0 Å². The van der Waals surface area contributed by atoms with Crippen LogP contribution in [0.1, 0.15) is 12.5 Å². The molecule has 25 heavy (non-hydrogen) atoms. The smallest absolute Gasteiger partial charge is 0.244 e. The van der Waals surface area contributed by atoms with Gasteiger partial charge in [-0.3, -0.25) is 9.59 Å². The first-order valence-corrected chi connectivity index (χ1v) is 7.81. The van der Waals surface area contributed by atoms with E-state index in [9.17, 15) is 9.59 Å². The maximum atomic E-state index is 12.4. The van der Waals surface area contributed by atoms with Crippen molar-refractivity contribution < 1.29 is 19.1 Å². The van der Waals surface area contributed by atoms with Crippen molar-refractivity contribution in [1.82, 2.24) is 0 Å². The number of amides is 2. The molecule has 0 saturated heterocycles. The Balaban J connectivity index is 2.15. The van der Waals surface area contributed by atoms with E-state index in [0.29, 0.717) is 22.9 Å². The van der Waals surface area contributed by atoms with Crippen molar-refractivity contribution >= 4 is 23.2 Å². The lowest BCUT2D eigenvalue weighted by Gasteiger charge is -2.21. The van der Waals surface area contributed by atoms with Crippen LogP contribution in [0.4, 0.5) is 11.4 Å². The number of nitrogens with zero attached hydrogens (tertiary/aromatic N) is 1. The molecular weight excluding hydrogens is 320 g/mol. The van der Waals surface area contributed by atoms with E-state index in [0.717, 1.165) is 5.56 Å². The van der Waals surface area contributed by atoms with Crippen LogP contribution in [-0.4, -0.2) is 32.6 Å². The first-order valence-electron chi connectivity index (χ1n) is 7.81. The Hall–Kier alpha value is -3.02. The molecule has 2 amide bonds. The summed E-state index contributed by atoms with van der Waals surface area (Å²) in [7, 11) is 3.11. The van der Waals surface area contributed by atoms with Crippen molar-refractivity contribution in [3.05, 3.63) is 48.0 Å². The molecule has 0 fully saturated rings. The summed E-state index contributed by atoms with van der Waals surface area (Å²) in [5.41, 5.74) is 2.19. The van der Waals surface area contributed by atoms with Gasteiger partial charge in [0, 0.05) is 12.6 Å². The zero-order chi connectivity index (χ0) is 18.4. The van der Waals surface area contributed by atoms with Gasteiger partial charge in [0.15, 0.2) is 0 Å². The molecule has 2 aromatic carbocycles. The standard InChI is InChI=1S/C19H22N2O4/c1-13-5-10-18(25-4)17(11-13)20-19(23)12-21(14(2)22)15-6-8-16(24-3)9-7-15/h5-11H,12H2,1-4H3,(H,20,23). The van der Waals surface area contributed by atoms with E-state index in [-0.39, 0.29) is 18.4 Å². The minimum absolute atomic E-state index is 0.0985. The van der Waals surface area contributed by atoms with Gasteiger partial charge in [0.25, 0.3) is 0 Å². The largest absolute Gasteiger partial charge is 0.497 e. The molecule has 0 aromatic heterocycles. The van der Waals surface area contributed by atoms with Gasteiger partial charge in [0.2, 0.25) is 11.8 Å². The molecular formula is C19H22N2O4. The summed E-state index contributed by atoms with van der Waals surface area (Å²) in [5, 5.41) is 2.80. The van der Waals surface area contributed by atoms with E-state index in [4.69, 9.17) is 9.47 Å². The third-order valence-corrected chi connectivity index (χ3v) is 3.69. The average molecular weight is 342 g/mol. The third kappa shape index (κ3) is 4.73. The van der Waals surface area contributed by atoms with Gasteiger partial charge >= 0.3 is 0 Å². The Kier molecular flexibility index (Phi) is 6.00. The molecule has 0 aliphatic carbocycles. The predicted octanol–water partition coefficient (Wildman–Crippen LogP) is 3.00. The molecule has 6 heteroatoms. The number of hydrogen-bond acceptors (Lipinski definition) is 4. The second-order valence-corrected chi connectivity index (χ2v) is 5.56. The summed E-state index contributed by atoms with van der Waals surface area (Å²) in [6.45, 7) is 3.25. The Labute approximate surface area is 147 Å². The SMILES string of the molecule is COc1ccc(N(CC(=O)Nc2cc(C)ccc2OC)C(C)=O)cc1. The van der Waals surface area contributed by atoms with Crippen LogP contribution in [0.15, 0.2) is 42.5 Å². The van der Waals surface area contributed by atoms with Crippen LogP contribution >= 0.6 is 0 Å². The number of carbonyl (C=O) groups is 2. The molecule has 0 spiro atoms. The monoisotopic (exact) mass is 342 g/mol. The Bertz CT molecular complexity index is 757. The van der Waals surface area contributed by atoms with E-state index in [1.54, 1.807) is 44.6 Å². The van der Waals surface area contributed by atoms with Gasteiger partial charge in [-0.1, -0.05) is 6.07 Å². The normalized spacial score (nSPS) is 10.1. The first kappa shape index (κ1) is 18.3. The lowest BCUT2D eigenvalue weighted by Crippen LogP contribution is -2.36. The summed E-state index contributed by atoms with van der Waals surface area (Å²) >= 11 is 0. The molecule has 0 aliphatic rings. The molecule has 2 rings (SSSR count). The number of benzene rings is 2. The maximum absolute atomic E-state index is 12.4. The molecule has 1 N–H and O–H groups in total. The van der Waals surface area contributed by atoms with E-state index in [1.807, 2.05) is 19.1 Å². The van der Waals surface area contributed by atoms with Crippen molar-refractivity contribution in [2.45, 2.75) is 13.8 Å². The number of methoxy groups -OCH3 is 2. The zero-order valence-corrected chi connectivity index (χ0v) is 14.8. The van der Waals surface area contributed by atoms with Crippen molar-refractivity contribution in [3.63, 3.8) is 0 Å². The lowest BCUT2D eigenvalue weighted by molar-refractivity contribution is -0.120. The van der Waals surface area contributed by atoms with E-state index in [1.165, 1.54) is 11.8 Å². The van der Waals surface area contributed by atoms with Crippen LogP contribution in [0.5, 0.6) is 11.5 Å². The lowest BCUT2D eigenvalue weighted by atomic mass is 10.2. The maximum Gasteiger partial charge on any atom is 0.244 e. The van der Waals surface area contributed by atoms with Gasteiger partial charge < -0.3 is 19.7 Å². The minimum Gasteiger partial charge on any atom is -0.497 e. The summed E-state index contributed by atoms with van der Waals surface area (Å²) < 4.78 is 10.4. The number of nitrogens with one attached hydrogen (secondary N) is 1. The molecule has 0 heterocycles. The first-order chi connectivity index (χ1) is 11.9. The number of hydrogen-bond donors (Lipinski definition) is 1. The molecule has 0 saturated carbocycles. The number of aryl methyl sites for hydroxylation is 1. The van der Waals surface area contributed by atoms with Gasteiger partial charge in [-0.15, -0.1) is 0 Å². The van der Waals surface area contributed by atoms with Crippen LogP contribution in [-0.2, 0) is 9.59 Å². The number of carbonyl (C=O) groups excluding carboxylic acids is 2. The average Bonchev–Trinajstić information content (AvgIpc) is 2.60. The second-order valence-electron chi connectivity index (χ2n) is 5.56. The van der Waals surface area contributed by atoms with Gasteiger partial charge in [0.05, 0.1) is 19.9 Å². The van der Waals surface area contributed by atoms with Crippen molar-refractivity contribution in [3.8, 4) is 11.5 Å². The fourth-order valence-electron chi connectivity index (χ4n) is 2.40. The number of rotatable bonds is 6. The van der Waals surface area contributed by atoms with E-state index < -0.39 is 0 Å². The molecule has 0 radical (unpaired) electrons. The van der Waals surface area contributed by atoms with Crippen LogP contribution in [0, 0.1) is 6.92 Å². The summed E-state index contributed by atoms with van der Waals surface area (Å²) in [6.07, 6.45) is 0. The highest BCUT2D eigenvalue weighted by atomic mass is 16.5. The zero-order valence-electron chi connectivity index (χ0n) is 14.8. The van der Waals surface area contributed by atoms with Crippen LogP contribution in [0.2, 0.25) is 0 Å². The van der Waals surface area contributed by atoms with Gasteiger partial charge in [0.1, 0.15) is 18.0 Å². The van der Waals surface area contributed by atoms with E-state index >= 15 is 0 Å². The Morgan fingerprint density at radius 3 is 2.28 bits per heavy atom.